The van der Waals surface area contributed by atoms with E-state index in [1.165, 1.54) is 18.2 Å². The largest absolute Gasteiger partial charge is 0.480 e. The molecule has 1 amide bonds. The van der Waals surface area contributed by atoms with Crippen molar-refractivity contribution in [1.82, 2.24) is 5.32 Å². The molecule has 23 heavy (non-hydrogen) atoms. The van der Waals surface area contributed by atoms with Gasteiger partial charge >= 0.3 is 0 Å². The number of nitrogens with zero attached hydrogens (tertiary/aromatic N) is 1. The van der Waals surface area contributed by atoms with Crippen molar-refractivity contribution in [2.24, 2.45) is 0 Å². The Hall–Kier alpha value is -2.58. The molecule has 0 saturated carbocycles. The van der Waals surface area contributed by atoms with Gasteiger partial charge in [0.2, 0.25) is 0 Å². The monoisotopic (exact) mass is 330 g/mol. The molecule has 0 aromatic heterocycles. The number of carbonyl (C=O) groups is 1. The van der Waals surface area contributed by atoms with Gasteiger partial charge in [-0.2, -0.15) is 5.26 Å². The number of nitrogens with one attached hydrogen (secondary N) is 1. The second-order valence-corrected chi connectivity index (χ2v) is 5.53. The topological polar surface area (TPSA) is 62.1 Å². The molecule has 0 unspecified atom stereocenters. The molecular weight excluding hydrogens is 319 g/mol. The van der Waals surface area contributed by atoms with Crippen LogP contribution < -0.4 is 10.1 Å². The van der Waals surface area contributed by atoms with Crippen molar-refractivity contribution in [2.45, 2.75) is 18.6 Å². The van der Waals surface area contributed by atoms with E-state index in [1.54, 1.807) is 6.07 Å². The summed E-state index contributed by atoms with van der Waals surface area (Å²) in [7, 11) is 0. The number of halogens is 2. The van der Waals surface area contributed by atoms with Crippen LogP contribution in [0.2, 0.25) is 5.02 Å². The normalized spacial score (nSPS) is 16.8. The SMILES string of the molecule is N#C[C@@H](NC(=O)[C@H]1Cc2ccccc2O1)c1c(F)cccc1Cl. The molecule has 0 saturated heterocycles. The molecule has 3 rings (SSSR count). The van der Waals surface area contributed by atoms with Gasteiger partial charge in [-0.25, -0.2) is 4.39 Å². The number of carbonyl (C=O) groups excluding carboxylic acids is 1. The van der Waals surface area contributed by atoms with Crippen LogP contribution in [0.1, 0.15) is 17.2 Å². The molecule has 2 aromatic carbocycles. The van der Waals surface area contributed by atoms with Crippen LogP contribution in [0.5, 0.6) is 5.75 Å². The minimum absolute atomic E-state index is 0.0412. The van der Waals surface area contributed by atoms with Crippen LogP contribution in [0.3, 0.4) is 0 Å². The van der Waals surface area contributed by atoms with Crippen molar-refractivity contribution in [3.63, 3.8) is 0 Å². The second kappa shape index (κ2) is 6.27. The van der Waals surface area contributed by atoms with Crippen molar-refractivity contribution < 1.29 is 13.9 Å². The van der Waals surface area contributed by atoms with Crippen LogP contribution in [0.25, 0.3) is 0 Å². The van der Waals surface area contributed by atoms with E-state index in [9.17, 15) is 14.4 Å². The molecule has 0 radical (unpaired) electrons. The molecule has 6 heteroatoms. The summed E-state index contributed by atoms with van der Waals surface area (Å²) >= 11 is 5.95. The van der Waals surface area contributed by atoms with Gasteiger partial charge in [0.15, 0.2) is 6.10 Å². The summed E-state index contributed by atoms with van der Waals surface area (Å²) in [6.45, 7) is 0. The number of rotatable bonds is 3. The number of amides is 1. The van der Waals surface area contributed by atoms with Crippen LogP contribution in [0.4, 0.5) is 4.39 Å². The molecule has 2 atom stereocenters. The van der Waals surface area contributed by atoms with E-state index in [4.69, 9.17) is 16.3 Å². The fourth-order valence-electron chi connectivity index (χ4n) is 2.52. The smallest absolute Gasteiger partial charge is 0.262 e. The molecule has 4 nitrogen and oxygen atoms in total. The maximum Gasteiger partial charge on any atom is 0.262 e. The van der Waals surface area contributed by atoms with Crippen molar-refractivity contribution in [3.05, 3.63) is 64.4 Å². The molecule has 0 fully saturated rings. The van der Waals surface area contributed by atoms with E-state index in [0.29, 0.717) is 12.2 Å². The minimum Gasteiger partial charge on any atom is -0.480 e. The van der Waals surface area contributed by atoms with E-state index in [2.05, 4.69) is 5.32 Å². The predicted octanol–water partition coefficient (Wildman–Crippen LogP) is 3.16. The standard InChI is InChI=1S/C17H12ClFN2O2/c18-11-5-3-6-12(19)16(11)13(9-20)21-17(22)15-8-10-4-1-2-7-14(10)23-15/h1-7,13,15H,8H2,(H,21,22)/t13-,15-/m1/s1. The highest BCUT2D eigenvalue weighted by Gasteiger charge is 2.31. The first-order valence-corrected chi connectivity index (χ1v) is 7.36. The zero-order valence-corrected chi connectivity index (χ0v) is 12.7. The van der Waals surface area contributed by atoms with Crippen molar-refractivity contribution in [3.8, 4) is 11.8 Å². The van der Waals surface area contributed by atoms with Crippen molar-refractivity contribution in [2.75, 3.05) is 0 Å². The van der Waals surface area contributed by atoms with Crippen molar-refractivity contribution >= 4 is 17.5 Å². The molecule has 1 aliphatic heterocycles. The molecule has 0 bridgehead atoms. The van der Waals surface area contributed by atoms with Gasteiger partial charge < -0.3 is 10.1 Å². The fraction of sp³-hybridized carbons (Fsp3) is 0.176. The van der Waals surface area contributed by atoms with E-state index in [-0.39, 0.29) is 10.6 Å². The molecule has 2 aromatic rings. The summed E-state index contributed by atoms with van der Waals surface area (Å²) in [5, 5.41) is 11.8. The Balaban J connectivity index is 1.76. The zero-order chi connectivity index (χ0) is 16.4. The number of fused-ring (bicyclic) bond motifs is 1. The van der Waals surface area contributed by atoms with E-state index < -0.39 is 23.9 Å². The molecule has 1 N–H and O–H groups in total. The van der Waals surface area contributed by atoms with Gasteiger partial charge in [0.05, 0.1) is 6.07 Å². The van der Waals surface area contributed by atoms with Gasteiger partial charge in [0, 0.05) is 17.0 Å². The molecule has 116 valence electrons. The Morgan fingerprint density at radius 1 is 1.35 bits per heavy atom. The maximum absolute atomic E-state index is 13.9. The van der Waals surface area contributed by atoms with Crippen LogP contribution in [0.15, 0.2) is 42.5 Å². The van der Waals surface area contributed by atoms with Crippen LogP contribution in [-0.4, -0.2) is 12.0 Å². The molecule has 1 aliphatic rings. The fourth-order valence-corrected chi connectivity index (χ4v) is 2.79. The molecule has 0 aliphatic carbocycles. The Labute approximate surface area is 137 Å². The number of nitriles is 1. The summed E-state index contributed by atoms with van der Waals surface area (Å²) in [5.74, 6) is -0.475. The lowest BCUT2D eigenvalue weighted by atomic mass is 10.1. The van der Waals surface area contributed by atoms with E-state index in [1.807, 2.05) is 24.3 Å². The summed E-state index contributed by atoms with van der Waals surface area (Å²) in [4.78, 5) is 12.3. The van der Waals surface area contributed by atoms with Crippen LogP contribution in [0, 0.1) is 17.1 Å². The van der Waals surface area contributed by atoms with Crippen LogP contribution in [-0.2, 0) is 11.2 Å². The highest BCUT2D eigenvalue weighted by Crippen LogP contribution is 2.29. The Morgan fingerprint density at radius 3 is 2.83 bits per heavy atom. The highest BCUT2D eigenvalue weighted by atomic mass is 35.5. The maximum atomic E-state index is 13.9. The second-order valence-electron chi connectivity index (χ2n) is 5.12. The quantitative estimate of drug-likeness (QED) is 0.940. The first-order chi connectivity index (χ1) is 11.1. The third kappa shape index (κ3) is 2.99. The summed E-state index contributed by atoms with van der Waals surface area (Å²) in [6, 6.07) is 12.1. The molecule has 1 heterocycles. The number of benzene rings is 2. The highest BCUT2D eigenvalue weighted by molar-refractivity contribution is 6.31. The molecule has 0 spiro atoms. The third-order valence-corrected chi connectivity index (χ3v) is 3.97. The van der Waals surface area contributed by atoms with Gasteiger partial charge in [0.1, 0.15) is 17.6 Å². The van der Waals surface area contributed by atoms with Crippen LogP contribution >= 0.6 is 11.6 Å². The lowest BCUT2D eigenvalue weighted by molar-refractivity contribution is -0.127. The number of hydrogen-bond donors (Lipinski definition) is 1. The lowest BCUT2D eigenvalue weighted by Gasteiger charge is -2.17. The lowest BCUT2D eigenvalue weighted by Crippen LogP contribution is -2.39. The molecular formula is C17H12ClFN2O2. The van der Waals surface area contributed by atoms with Gasteiger partial charge in [0.25, 0.3) is 5.91 Å². The summed E-state index contributed by atoms with van der Waals surface area (Å²) in [6.07, 6.45) is -0.334. The average Bonchev–Trinajstić information content (AvgIpc) is 2.97. The predicted molar refractivity (Wildman–Crippen MR) is 82.5 cm³/mol. The third-order valence-electron chi connectivity index (χ3n) is 3.64. The first-order valence-electron chi connectivity index (χ1n) is 6.98. The zero-order valence-electron chi connectivity index (χ0n) is 11.9. The Kier molecular flexibility index (Phi) is 4.18. The number of para-hydroxylation sites is 1. The Bertz CT molecular complexity index is 758. The van der Waals surface area contributed by atoms with E-state index >= 15 is 0 Å². The number of hydrogen-bond acceptors (Lipinski definition) is 3. The minimum atomic E-state index is -1.18. The Morgan fingerprint density at radius 2 is 2.13 bits per heavy atom. The van der Waals surface area contributed by atoms with Crippen molar-refractivity contribution in [1.29, 1.82) is 5.26 Å². The summed E-state index contributed by atoms with van der Waals surface area (Å²) < 4.78 is 19.5. The first kappa shape index (κ1) is 15.3. The average molecular weight is 331 g/mol. The summed E-state index contributed by atoms with van der Waals surface area (Å²) in [5.41, 5.74) is 0.880. The number of ether oxygens (including phenoxy) is 1. The van der Waals surface area contributed by atoms with Gasteiger partial charge in [-0.1, -0.05) is 35.9 Å². The van der Waals surface area contributed by atoms with Gasteiger partial charge in [-0.05, 0) is 23.8 Å². The van der Waals surface area contributed by atoms with Gasteiger partial charge in [-0.15, -0.1) is 0 Å². The van der Waals surface area contributed by atoms with Gasteiger partial charge in [-0.3, -0.25) is 4.79 Å². The van der Waals surface area contributed by atoms with E-state index in [0.717, 1.165) is 5.56 Å².